The Morgan fingerprint density at radius 2 is 1.95 bits per heavy atom. The number of rotatable bonds is 1. The highest BCUT2D eigenvalue weighted by molar-refractivity contribution is 9.10. The van der Waals surface area contributed by atoms with E-state index in [0.29, 0.717) is 11.4 Å². The summed E-state index contributed by atoms with van der Waals surface area (Å²) in [5, 5.41) is 0. The van der Waals surface area contributed by atoms with Gasteiger partial charge in [0.1, 0.15) is 11.6 Å². The van der Waals surface area contributed by atoms with E-state index in [2.05, 4.69) is 32.0 Å². The summed E-state index contributed by atoms with van der Waals surface area (Å²) in [4.78, 5) is 7.69. The Morgan fingerprint density at radius 3 is 2.68 bits per heavy atom. The van der Waals surface area contributed by atoms with Gasteiger partial charge in [-0.05, 0) is 49.2 Å². The number of fused-ring (bicyclic) bond motifs is 1. The molecule has 0 radical (unpaired) electrons. The smallest absolute Gasteiger partial charge is 0.141 e. The minimum atomic E-state index is -0.289. The number of aryl methyl sites for hydroxylation is 2. The third-order valence-corrected chi connectivity index (χ3v) is 3.60. The highest BCUT2D eigenvalue weighted by Crippen LogP contribution is 2.27. The van der Waals surface area contributed by atoms with E-state index in [9.17, 15) is 4.39 Å². The van der Waals surface area contributed by atoms with E-state index in [4.69, 9.17) is 0 Å². The first-order valence-corrected chi connectivity index (χ1v) is 6.76. The van der Waals surface area contributed by atoms with Gasteiger partial charge in [0.15, 0.2) is 0 Å². The zero-order valence-corrected chi connectivity index (χ0v) is 12.2. The summed E-state index contributed by atoms with van der Waals surface area (Å²) >= 11 is 3.25. The first-order valence-electron chi connectivity index (χ1n) is 5.97. The first-order chi connectivity index (χ1) is 9.04. The van der Waals surface area contributed by atoms with Crippen LogP contribution in [0.15, 0.2) is 34.8 Å². The van der Waals surface area contributed by atoms with E-state index in [0.717, 1.165) is 26.6 Å². The average molecular weight is 319 g/mol. The minimum Gasteiger partial charge on any atom is -0.338 e. The number of aromatic nitrogens is 2. The van der Waals surface area contributed by atoms with Gasteiger partial charge in [-0.15, -0.1) is 0 Å². The molecule has 2 aromatic carbocycles. The van der Waals surface area contributed by atoms with E-state index < -0.39 is 0 Å². The molecular formula is C15H12BrFN2. The average Bonchev–Trinajstić information content (AvgIpc) is 2.72. The lowest BCUT2D eigenvalue weighted by Crippen LogP contribution is -1.86. The second kappa shape index (κ2) is 4.46. The molecule has 0 aliphatic heterocycles. The largest absolute Gasteiger partial charge is 0.338 e. The molecule has 0 unspecified atom stereocenters. The summed E-state index contributed by atoms with van der Waals surface area (Å²) < 4.78 is 14.7. The lowest BCUT2D eigenvalue weighted by Gasteiger charge is -1.99. The third kappa shape index (κ3) is 2.16. The van der Waals surface area contributed by atoms with Gasteiger partial charge in [0.2, 0.25) is 0 Å². The summed E-state index contributed by atoms with van der Waals surface area (Å²) in [7, 11) is 0. The van der Waals surface area contributed by atoms with Crippen LogP contribution in [0.25, 0.3) is 22.4 Å². The van der Waals surface area contributed by atoms with Crippen molar-refractivity contribution in [3.8, 4) is 11.4 Å². The van der Waals surface area contributed by atoms with Gasteiger partial charge in [-0.3, -0.25) is 0 Å². The van der Waals surface area contributed by atoms with Crippen LogP contribution in [0.3, 0.4) is 0 Å². The van der Waals surface area contributed by atoms with Crippen LogP contribution in [0.4, 0.5) is 4.39 Å². The van der Waals surface area contributed by atoms with Crippen LogP contribution in [-0.4, -0.2) is 9.97 Å². The van der Waals surface area contributed by atoms with Crippen molar-refractivity contribution >= 4 is 27.0 Å². The van der Waals surface area contributed by atoms with Crippen molar-refractivity contribution in [2.24, 2.45) is 0 Å². The van der Waals surface area contributed by atoms with Crippen LogP contribution < -0.4 is 0 Å². The molecule has 2 nitrogen and oxygen atoms in total. The van der Waals surface area contributed by atoms with Gasteiger partial charge in [-0.25, -0.2) is 9.37 Å². The number of halogens is 2. The fourth-order valence-electron chi connectivity index (χ4n) is 2.28. The Bertz CT molecular complexity index is 777. The van der Waals surface area contributed by atoms with Gasteiger partial charge >= 0.3 is 0 Å². The number of imidazole rings is 1. The fourth-order valence-corrected chi connectivity index (χ4v) is 2.61. The van der Waals surface area contributed by atoms with Gasteiger partial charge in [-0.2, -0.15) is 0 Å². The van der Waals surface area contributed by atoms with Crippen LogP contribution in [0, 0.1) is 19.7 Å². The zero-order chi connectivity index (χ0) is 13.6. The number of H-pyrrole nitrogens is 1. The van der Waals surface area contributed by atoms with Crippen LogP contribution in [0.5, 0.6) is 0 Å². The van der Waals surface area contributed by atoms with Gasteiger partial charge in [0, 0.05) is 4.47 Å². The predicted molar refractivity (Wildman–Crippen MR) is 78.7 cm³/mol. The molecule has 1 aromatic heterocycles. The van der Waals surface area contributed by atoms with Crippen molar-refractivity contribution in [1.29, 1.82) is 0 Å². The highest BCUT2D eigenvalue weighted by Gasteiger charge is 2.11. The molecule has 0 saturated carbocycles. The Balaban J connectivity index is 2.23. The molecule has 0 spiro atoms. The fraction of sp³-hybridized carbons (Fsp3) is 0.133. The number of nitrogens with one attached hydrogen (secondary N) is 1. The molecule has 0 bridgehead atoms. The molecule has 0 saturated heterocycles. The zero-order valence-electron chi connectivity index (χ0n) is 10.6. The molecule has 0 aliphatic carbocycles. The number of nitrogens with zero attached hydrogens (tertiary/aromatic N) is 1. The Morgan fingerprint density at radius 1 is 1.16 bits per heavy atom. The van der Waals surface area contributed by atoms with Crippen molar-refractivity contribution in [2.75, 3.05) is 0 Å². The maximum absolute atomic E-state index is 14.0. The quantitative estimate of drug-likeness (QED) is 0.689. The second-order valence-corrected chi connectivity index (χ2v) is 5.60. The van der Waals surface area contributed by atoms with Crippen LogP contribution in [0.2, 0.25) is 0 Å². The number of hydrogen-bond acceptors (Lipinski definition) is 1. The Hall–Kier alpha value is -1.68. The second-order valence-electron chi connectivity index (χ2n) is 4.69. The van der Waals surface area contributed by atoms with Crippen molar-refractivity contribution in [2.45, 2.75) is 13.8 Å². The molecule has 0 aliphatic rings. The molecule has 0 atom stereocenters. The summed E-state index contributed by atoms with van der Waals surface area (Å²) in [6.07, 6.45) is 0. The Kier molecular flexibility index (Phi) is 2.90. The van der Waals surface area contributed by atoms with Crippen LogP contribution in [-0.2, 0) is 0 Å². The van der Waals surface area contributed by atoms with Crippen LogP contribution >= 0.6 is 15.9 Å². The minimum absolute atomic E-state index is 0.289. The van der Waals surface area contributed by atoms with Crippen molar-refractivity contribution in [1.82, 2.24) is 9.97 Å². The topological polar surface area (TPSA) is 28.7 Å². The third-order valence-electron chi connectivity index (χ3n) is 3.11. The van der Waals surface area contributed by atoms with Gasteiger partial charge < -0.3 is 4.98 Å². The molecular weight excluding hydrogens is 307 g/mol. The Labute approximate surface area is 118 Å². The molecule has 19 heavy (non-hydrogen) atoms. The normalized spacial score (nSPS) is 11.2. The maximum atomic E-state index is 14.0. The van der Waals surface area contributed by atoms with Crippen molar-refractivity contribution < 1.29 is 4.39 Å². The lowest BCUT2D eigenvalue weighted by molar-refractivity contribution is 0.629. The highest BCUT2D eigenvalue weighted by atomic mass is 79.9. The summed E-state index contributed by atoms with van der Waals surface area (Å²) in [6.45, 7) is 4.05. The summed E-state index contributed by atoms with van der Waals surface area (Å²) in [5.74, 6) is 0.275. The van der Waals surface area contributed by atoms with E-state index in [1.165, 1.54) is 6.07 Å². The van der Waals surface area contributed by atoms with E-state index >= 15 is 0 Å². The maximum Gasteiger partial charge on any atom is 0.141 e. The first kappa shape index (κ1) is 12.4. The predicted octanol–water partition coefficient (Wildman–Crippen LogP) is 4.75. The standard InChI is InChI=1S/C15H12BrFN2/c1-8-5-9(2)14-13(6-8)18-15(19-14)11-4-3-10(16)7-12(11)17/h3-7H,1-2H3,(H,18,19). The molecule has 1 heterocycles. The molecule has 1 N–H and O–H groups in total. The molecule has 96 valence electrons. The number of benzene rings is 2. The number of hydrogen-bond donors (Lipinski definition) is 1. The lowest BCUT2D eigenvalue weighted by atomic mass is 10.1. The molecule has 0 fully saturated rings. The van der Waals surface area contributed by atoms with Gasteiger partial charge in [0.05, 0.1) is 16.6 Å². The van der Waals surface area contributed by atoms with Gasteiger partial charge in [0.25, 0.3) is 0 Å². The molecule has 3 rings (SSSR count). The van der Waals surface area contributed by atoms with Crippen molar-refractivity contribution in [3.05, 3.63) is 51.7 Å². The monoisotopic (exact) mass is 318 g/mol. The van der Waals surface area contributed by atoms with Gasteiger partial charge in [-0.1, -0.05) is 22.0 Å². The van der Waals surface area contributed by atoms with Crippen LogP contribution in [0.1, 0.15) is 11.1 Å². The number of aromatic amines is 1. The summed E-state index contributed by atoms with van der Waals surface area (Å²) in [5.41, 5.74) is 4.57. The van der Waals surface area contributed by atoms with E-state index in [1.807, 2.05) is 26.0 Å². The van der Waals surface area contributed by atoms with E-state index in [-0.39, 0.29) is 5.82 Å². The SMILES string of the molecule is Cc1cc(C)c2nc(-c3ccc(Br)cc3F)[nH]c2c1. The van der Waals surface area contributed by atoms with Crippen molar-refractivity contribution in [3.63, 3.8) is 0 Å². The molecule has 3 aromatic rings. The van der Waals surface area contributed by atoms with E-state index in [1.54, 1.807) is 6.07 Å². The molecule has 4 heteroatoms. The molecule has 0 amide bonds. The summed E-state index contributed by atoms with van der Waals surface area (Å²) in [6, 6.07) is 9.07.